The molecule has 4 aromatic rings. The van der Waals surface area contributed by atoms with E-state index >= 15 is 0 Å². The van der Waals surface area contributed by atoms with E-state index in [1.165, 1.54) is 0 Å². The van der Waals surface area contributed by atoms with Gasteiger partial charge in [-0.3, -0.25) is 4.90 Å². The molecular weight excluding hydrogens is 398 g/mol. The smallest absolute Gasteiger partial charge is 0.225 e. The second-order valence-electron chi connectivity index (χ2n) is 7.42. The molecule has 0 spiro atoms. The summed E-state index contributed by atoms with van der Waals surface area (Å²) < 4.78 is 2.10. The van der Waals surface area contributed by atoms with E-state index in [2.05, 4.69) is 24.2 Å². The van der Waals surface area contributed by atoms with Crippen molar-refractivity contribution in [1.29, 1.82) is 0 Å². The monoisotopic (exact) mass is 419 g/mol. The summed E-state index contributed by atoms with van der Waals surface area (Å²) in [5.74, 6) is 0.793. The largest absolute Gasteiger partial charge is 0.398 e. The molecule has 0 unspecified atom stereocenters. The Bertz CT molecular complexity index is 1150. The lowest BCUT2D eigenvalue weighted by atomic mass is 10.1. The van der Waals surface area contributed by atoms with Gasteiger partial charge in [0.15, 0.2) is 0 Å². The molecule has 0 aliphatic carbocycles. The normalized spacial score (nSPS) is 15.0. The van der Waals surface area contributed by atoms with Crippen LogP contribution in [0.3, 0.4) is 0 Å². The lowest BCUT2D eigenvalue weighted by Gasteiger charge is -2.34. The van der Waals surface area contributed by atoms with E-state index in [0.717, 1.165) is 67.0 Å². The molecule has 0 amide bonds. The third-order valence-electron chi connectivity index (χ3n) is 5.44. The topological polar surface area (TPSA) is 75.6 Å². The molecule has 7 nitrogen and oxygen atoms in total. The number of halogens is 1. The minimum absolute atomic E-state index is 0.715. The summed E-state index contributed by atoms with van der Waals surface area (Å²) in [5, 5.41) is 0.715. The Morgan fingerprint density at radius 3 is 2.40 bits per heavy atom. The minimum Gasteiger partial charge on any atom is -0.398 e. The van der Waals surface area contributed by atoms with Crippen molar-refractivity contribution in [1.82, 2.24) is 24.3 Å². The summed E-state index contributed by atoms with van der Waals surface area (Å²) in [6, 6.07) is 13.5. The van der Waals surface area contributed by atoms with Gasteiger partial charge in [-0.05, 0) is 30.3 Å². The lowest BCUT2D eigenvalue weighted by Crippen LogP contribution is -2.46. The van der Waals surface area contributed by atoms with Gasteiger partial charge in [-0.1, -0.05) is 23.7 Å². The Morgan fingerprint density at radius 2 is 1.67 bits per heavy atom. The molecule has 1 fully saturated rings. The second-order valence-corrected chi connectivity index (χ2v) is 7.85. The number of nitrogen functional groups attached to an aromatic ring is 1. The first-order valence-electron chi connectivity index (χ1n) is 9.94. The van der Waals surface area contributed by atoms with Crippen LogP contribution in [0.4, 0.5) is 11.6 Å². The van der Waals surface area contributed by atoms with Crippen LogP contribution >= 0.6 is 11.6 Å². The van der Waals surface area contributed by atoms with Crippen LogP contribution in [0.15, 0.2) is 61.1 Å². The fourth-order valence-electron chi connectivity index (χ4n) is 3.87. The number of aromatic nitrogens is 4. The molecule has 152 valence electrons. The van der Waals surface area contributed by atoms with Gasteiger partial charge < -0.3 is 15.0 Å². The van der Waals surface area contributed by atoms with E-state index in [1.807, 2.05) is 48.7 Å². The van der Waals surface area contributed by atoms with Gasteiger partial charge in [0.05, 0.1) is 11.4 Å². The van der Waals surface area contributed by atoms with Gasteiger partial charge in [0.2, 0.25) is 5.95 Å². The number of nitrogens with zero attached hydrogens (tertiary/aromatic N) is 6. The van der Waals surface area contributed by atoms with Crippen LogP contribution in [0.2, 0.25) is 5.02 Å². The van der Waals surface area contributed by atoms with Crippen LogP contribution in [-0.4, -0.2) is 50.4 Å². The second kappa shape index (κ2) is 7.93. The first-order valence-corrected chi connectivity index (χ1v) is 10.3. The van der Waals surface area contributed by atoms with Crippen molar-refractivity contribution < 1.29 is 0 Å². The van der Waals surface area contributed by atoms with Crippen molar-refractivity contribution in [2.45, 2.75) is 6.54 Å². The van der Waals surface area contributed by atoms with Crippen LogP contribution in [0.5, 0.6) is 0 Å². The fourth-order valence-corrected chi connectivity index (χ4v) is 4.00. The van der Waals surface area contributed by atoms with E-state index < -0.39 is 0 Å². The summed E-state index contributed by atoms with van der Waals surface area (Å²) >= 11 is 6.09. The average molecular weight is 420 g/mol. The van der Waals surface area contributed by atoms with Gasteiger partial charge in [-0.25, -0.2) is 15.0 Å². The Kier molecular flexibility index (Phi) is 4.98. The van der Waals surface area contributed by atoms with Crippen LogP contribution in [0.25, 0.3) is 16.9 Å². The lowest BCUT2D eigenvalue weighted by molar-refractivity contribution is 0.246. The number of fused-ring (bicyclic) bond motifs is 1. The fraction of sp³-hybridized carbons (Fsp3) is 0.227. The highest BCUT2D eigenvalue weighted by Crippen LogP contribution is 2.28. The molecule has 2 N–H and O–H groups in total. The quantitative estimate of drug-likeness (QED) is 0.546. The SMILES string of the molecule is Nc1ccc2nc(-c3ccc(Cl)cc3)c(CN3CCN(c4ncccn4)CC3)n2c1. The highest BCUT2D eigenvalue weighted by Gasteiger charge is 2.22. The number of nitrogens with two attached hydrogens (primary N) is 1. The molecular formula is C22H22ClN7. The number of anilines is 2. The van der Waals surface area contributed by atoms with Crippen molar-refractivity contribution in [2.75, 3.05) is 36.8 Å². The maximum absolute atomic E-state index is 6.09. The Balaban J connectivity index is 1.43. The molecule has 1 aliphatic rings. The van der Waals surface area contributed by atoms with Gasteiger partial charge in [-0.15, -0.1) is 0 Å². The molecule has 0 radical (unpaired) electrons. The number of hydrogen-bond donors (Lipinski definition) is 1. The molecule has 0 saturated carbocycles. The maximum Gasteiger partial charge on any atom is 0.225 e. The number of pyridine rings is 1. The summed E-state index contributed by atoms with van der Waals surface area (Å²) in [4.78, 5) is 18.3. The van der Waals surface area contributed by atoms with E-state index in [9.17, 15) is 0 Å². The summed E-state index contributed by atoms with van der Waals surface area (Å²) in [5.41, 5.74) is 10.8. The molecule has 1 aromatic carbocycles. The number of benzene rings is 1. The number of rotatable bonds is 4. The number of piperazine rings is 1. The standard InChI is InChI=1S/C22H22ClN7/c23-17-4-2-16(3-5-17)21-19(30-14-18(24)6-7-20(30)27-21)15-28-10-12-29(13-11-28)22-25-8-1-9-26-22/h1-9,14H,10-13,15,24H2. The van der Waals surface area contributed by atoms with Crippen LogP contribution < -0.4 is 10.6 Å². The van der Waals surface area contributed by atoms with Crippen molar-refractivity contribution in [3.63, 3.8) is 0 Å². The van der Waals surface area contributed by atoms with Crippen LogP contribution in [0, 0.1) is 0 Å². The molecule has 1 aliphatic heterocycles. The molecule has 0 bridgehead atoms. The molecule has 4 heterocycles. The number of hydrogen-bond acceptors (Lipinski definition) is 6. The van der Waals surface area contributed by atoms with E-state index in [1.54, 1.807) is 12.4 Å². The highest BCUT2D eigenvalue weighted by molar-refractivity contribution is 6.30. The first kappa shape index (κ1) is 18.8. The Labute approximate surface area is 179 Å². The van der Waals surface area contributed by atoms with Crippen molar-refractivity contribution >= 4 is 28.9 Å². The molecule has 30 heavy (non-hydrogen) atoms. The molecule has 0 atom stereocenters. The number of imidazole rings is 1. The van der Waals surface area contributed by atoms with Crippen molar-refractivity contribution in [3.8, 4) is 11.3 Å². The molecule has 1 saturated heterocycles. The Morgan fingerprint density at radius 1 is 0.933 bits per heavy atom. The van der Waals surface area contributed by atoms with E-state index in [4.69, 9.17) is 22.3 Å². The molecule has 8 heteroatoms. The first-order chi connectivity index (χ1) is 14.7. The third-order valence-corrected chi connectivity index (χ3v) is 5.69. The van der Waals surface area contributed by atoms with Crippen molar-refractivity contribution in [3.05, 3.63) is 71.8 Å². The minimum atomic E-state index is 0.715. The highest BCUT2D eigenvalue weighted by atomic mass is 35.5. The Hall–Kier alpha value is -3.16. The summed E-state index contributed by atoms with van der Waals surface area (Å²) in [7, 11) is 0. The van der Waals surface area contributed by atoms with Crippen LogP contribution in [0.1, 0.15) is 5.69 Å². The van der Waals surface area contributed by atoms with Gasteiger partial charge >= 0.3 is 0 Å². The summed E-state index contributed by atoms with van der Waals surface area (Å²) in [6.45, 7) is 4.41. The van der Waals surface area contributed by atoms with Gasteiger partial charge in [-0.2, -0.15) is 0 Å². The van der Waals surface area contributed by atoms with Crippen molar-refractivity contribution in [2.24, 2.45) is 0 Å². The average Bonchev–Trinajstić information content (AvgIpc) is 3.13. The predicted molar refractivity (Wildman–Crippen MR) is 120 cm³/mol. The predicted octanol–water partition coefficient (Wildman–Crippen LogP) is 3.35. The molecule has 3 aromatic heterocycles. The zero-order valence-electron chi connectivity index (χ0n) is 16.4. The third kappa shape index (κ3) is 3.69. The summed E-state index contributed by atoms with van der Waals surface area (Å²) in [6.07, 6.45) is 5.52. The zero-order chi connectivity index (χ0) is 20.5. The van der Waals surface area contributed by atoms with Gasteiger partial charge in [0, 0.05) is 67.6 Å². The molecule has 5 rings (SSSR count). The van der Waals surface area contributed by atoms with Crippen LogP contribution in [-0.2, 0) is 6.54 Å². The van der Waals surface area contributed by atoms with E-state index in [-0.39, 0.29) is 0 Å². The van der Waals surface area contributed by atoms with Gasteiger partial charge in [0.1, 0.15) is 5.65 Å². The maximum atomic E-state index is 6.09. The van der Waals surface area contributed by atoms with E-state index in [0.29, 0.717) is 5.02 Å². The van der Waals surface area contributed by atoms with Gasteiger partial charge in [0.25, 0.3) is 0 Å². The zero-order valence-corrected chi connectivity index (χ0v) is 17.2.